The standard InChI is InChI=1S/C23H18N2O4S/c26-19(16-8-2-1-3-9-16)14-25-22(28)20(30-23(25)29)13-21(27)24-18-12-6-10-15-7-4-5-11-17(15)18/h1-12,20H,13-14H2,(H,24,27)/t20-/m1/s1. The highest BCUT2D eigenvalue weighted by atomic mass is 32.2. The van der Waals surface area contributed by atoms with E-state index in [9.17, 15) is 19.2 Å². The molecule has 0 spiro atoms. The molecule has 0 aromatic heterocycles. The van der Waals surface area contributed by atoms with Crippen molar-refractivity contribution in [2.75, 3.05) is 11.9 Å². The monoisotopic (exact) mass is 418 g/mol. The first kappa shape index (κ1) is 19.8. The molecule has 6 nitrogen and oxygen atoms in total. The molecule has 0 bridgehead atoms. The van der Waals surface area contributed by atoms with Crippen molar-refractivity contribution >= 4 is 51.1 Å². The minimum absolute atomic E-state index is 0.144. The van der Waals surface area contributed by atoms with Gasteiger partial charge in [-0.25, -0.2) is 0 Å². The number of thioether (sulfide) groups is 1. The van der Waals surface area contributed by atoms with Gasteiger partial charge in [0.2, 0.25) is 11.8 Å². The summed E-state index contributed by atoms with van der Waals surface area (Å²) in [5.74, 6) is -1.19. The first-order valence-electron chi connectivity index (χ1n) is 9.41. The van der Waals surface area contributed by atoms with Gasteiger partial charge in [0.05, 0.1) is 6.54 Å². The molecule has 7 heteroatoms. The molecule has 30 heavy (non-hydrogen) atoms. The molecule has 0 unspecified atom stereocenters. The summed E-state index contributed by atoms with van der Waals surface area (Å²) in [6.45, 7) is -0.323. The first-order chi connectivity index (χ1) is 14.5. The van der Waals surface area contributed by atoms with Crippen LogP contribution in [0.5, 0.6) is 0 Å². The molecule has 1 saturated heterocycles. The van der Waals surface area contributed by atoms with Crippen molar-refractivity contribution in [1.29, 1.82) is 0 Å². The summed E-state index contributed by atoms with van der Waals surface area (Å²) < 4.78 is 0. The largest absolute Gasteiger partial charge is 0.325 e. The van der Waals surface area contributed by atoms with Crippen molar-refractivity contribution in [2.24, 2.45) is 0 Å². The van der Waals surface area contributed by atoms with Gasteiger partial charge in [-0.15, -0.1) is 0 Å². The summed E-state index contributed by atoms with van der Waals surface area (Å²) in [5, 5.41) is 3.37. The molecule has 1 atom stereocenters. The van der Waals surface area contributed by atoms with E-state index < -0.39 is 16.4 Å². The highest BCUT2D eigenvalue weighted by Crippen LogP contribution is 2.30. The summed E-state index contributed by atoms with van der Waals surface area (Å²) >= 11 is 0.786. The number of hydrogen-bond donors (Lipinski definition) is 1. The summed E-state index contributed by atoms with van der Waals surface area (Å²) in [5.41, 5.74) is 1.08. The third-order valence-corrected chi connectivity index (χ3v) is 5.91. The van der Waals surface area contributed by atoms with Gasteiger partial charge >= 0.3 is 0 Å². The Morgan fingerprint density at radius 2 is 1.60 bits per heavy atom. The van der Waals surface area contributed by atoms with E-state index in [0.717, 1.165) is 27.4 Å². The fourth-order valence-electron chi connectivity index (χ4n) is 3.33. The Morgan fingerprint density at radius 1 is 0.900 bits per heavy atom. The average Bonchev–Trinajstić information content (AvgIpc) is 3.02. The lowest BCUT2D eigenvalue weighted by molar-refractivity contribution is -0.128. The number of fused-ring (bicyclic) bond motifs is 1. The molecule has 1 N–H and O–H groups in total. The zero-order valence-corrected chi connectivity index (χ0v) is 16.7. The minimum atomic E-state index is -0.837. The second kappa shape index (κ2) is 8.51. The van der Waals surface area contributed by atoms with Gasteiger partial charge in [0.15, 0.2) is 5.78 Å². The van der Waals surface area contributed by atoms with Crippen LogP contribution in [-0.2, 0) is 9.59 Å². The Labute approximate surface area is 177 Å². The zero-order chi connectivity index (χ0) is 21.1. The van der Waals surface area contributed by atoms with Crippen molar-refractivity contribution in [1.82, 2.24) is 4.90 Å². The molecule has 1 aliphatic rings. The Morgan fingerprint density at radius 3 is 2.40 bits per heavy atom. The minimum Gasteiger partial charge on any atom is -0.325 e. The van der Waals surface area contributed by atoms with Crippen molar-refractivity contribution < 1.29 is 19.2 Å². The second-order valence-corrected chi connectivity index (χ2v) is 8.02. The van der Waals surface area contributed by atoms with Gasteiger partial charge in [0.1, 0.15) is 5.25 Å². The van der Waals surface area contributed by atoms with Crippen molar-refractivity contribution in [3.05, 3.63) is 78.4 Å². The van der Waals surface area contributed by atoms with E-state index in [0.29, 0.717) is 11.3 Å². The van der Waals surface area contributed by atoms with Gasteiger partial charge in [-0.2, -0.15) is 0 Å². The van der Waals surface area contributed by atoms with E-state index in [-0.39, 0.29) is 24.7 Å². The van der Waals surface area contributed by atoms with Crippen LogP contribution in [0.25, 0.3) is 10.8 Å². The van der Waals surface area contributed by atoms with Crippen LogP contribution in [0.2, 0.25) is 0 Å². The van der Waals surface area contributed by atoms with Crippen LogP contribution in [0.1, 0.15) is 16.8 Å². The summed E-state index contributed by atoms with van der Waals surface area (Å²) in [4.78, 5) is 50.7. The second-order valence-electron chi connectivity index (χ2n) is 6.86. The number of hydrogen-bond acceptors (Lipinski definition) is 5. The number of ketones is 1. The summed E-state index contributed by atoms with van der Waals surface area (Å²) in [7, 11) is 0. The van der Waals surface area contributed by atoms with E-state index >= 15 is 0 Å². The van der Waals surface area contributed by atoms with Crippen LogP contribution in [0, 0.1) is 0 Å². The fraction of sp³-hybridized carbons (Fsp3) is 0.130. The number of imide groups is 1. The lowest BCUT2D eigenvalue weighted by atomic mass is 10.1. The number of carbonyl (C=O) groups is 4. The highest BCUT2D eigenvalue weighted by molar-refractivity contribution is 8.15. The van der Waals surface area contributed by atoms with Gasteiger partial charge in [-0.1, -0.05) is 78.5 Å². The molecular formula is C23H18N2O4S. The summed E-state index contributed by atoms with van der Waals surface area (Å²) in [6.07, 6.45) is -0.144. The molecule has 3 aromatic carbocycles. The van der Waals surface area contributed by atoms with E-state index in [4.69, 9.17) is 0 Å². The van der Waals surface area contributed by atoms with Crippen molar-refractivity contribution in [2.45, 2.75) is 11.7 Å². The van der Waals surface area contributed by atoms with Crippen LogP contribution in [0.15, 0.2) is 72.8 Å². The Balaban J connectivity index is 1.41. The quantitative estimate of drug-likeness (QED) is 0.609. The Hall–Kier alpha value is -3.45. The number of nitrogens with one attached hydrogen (secondary N) is 1. The Bertz CT molecular complexity index is 1140. The van der Waals surface area contributed by atoms with E-state index in [1.54, 1.807) is 36.4 Å². The van der Waals surface area contributed by atoms with Crippen LogP contribution < -0.4 is 5.32 Å². The van der Waals surface area contributed by atoms with Crippen LogP contribution in [0.3, 0.4) is 0 Å². The third-order valence-electron chi connectivity index (χ3n) is 4.84. The molecular weight excluding hydrogens is 400 g/mol. The fourth-order valence-corrected chi connectivity index (χ4v) is 4.32. The molecule has 0 radical (unpaired) electrons. The van der Waals surface area contributed by atoms with Gasteiger partial charge < -0.3 is 5.32 Å². The van der Waals surface area contributed by atoms with Gasteiger partial charge in [0.25, 0.3) is 5.24 Å². The van der Waals surface area contributed by atoms with E-state index in [2.05, 4.69) is 5.32 Å². The number of carbonyl (C=O) groups excluding carboxylic acids is 4. The number of anilines is 1. The van der Waals surface area contributed by atoms with Crippen LogP contribution >= 0.6 is 11.8 Å². The van der Waals surface area contributed by atoms with Crippen LogP contribution in [0.4, 0.5) is 10.5 Å². The number of Topliss-reactive ketones (excluding diaryl/α,β-unsaturated/α-hetero) is 1. The average molecular weight is 418 g/mol. The van der Waals surface area contributed by atoms with Gasteiger partial charge in [0, 0.05) is 23.1 Å². The molecule has 1 aliphatic heterocycles. The summed E-state index contributed by atoms with van der Waals surface area (Å²) in [6, 6.07) is 21.7. The van der Waals surface area contributed by atoms with Crippen LogP contribution in [-0.4, -0.2) is 39.5 Å². The lowest BCUT2D eigenvalue weighted by Gasteiger charge is -2.13. The van der Waals surface area contributed by atoms with E-state index in [1.807, 2.05) is 36.4 Å². The highest BCUT2D eigenvalue weighted by Gasteiger charge is 2.41. The molecule has 4 rings (SSSR count). The predicted molar refractivity (Wildman–Crippen MR) is 116 cm³/mol. The number of benzene rings is 3. The normalized spacial score (nSPS) is 16.1. The predicted octanol–water partition coefficient (Wildman–Crippen LogP) is 4.12. The zero-order valence-electron chi connectivity index (χ0n) is 15.9. The van der Waals surface area contributed by atoms with Gasteiger partial charge in [-0.3, -0.25) is 24.1 Å². The topological polar surface area (TPSA) is 83.6 Å². The maximum atomic E-state index is 12.6. The number of rotatable bonds is 6. The van der Waals surface area contributed by atoms with Gasteiger partial charge in [-0.05, 0) is 11.5 Å². The molecule has 3 amide bonds. The Kier molecular flexibility index (Phi) is 5.63. The number of amides is 3. The lowest BCUT2D eigenvalue weighted by Crippen LogP contribution is -2.36. The molecule has 1 fully saturated rings. The molecule has 0 aliphatic carbocycles. The maximum Gasteiger partial charge on any atom is 0.289 e. The maximum absolute atomic E-state index is 12.6. The third kappa shape index (κ3) is 4.11. The molecule has 3 aromatic rings. The van der Waals surface area contributed by atoms with Crippen molar-refractivity contribution in [3.63, 3.8) is 0 Å². The molecule has 150 valence electrons. The molecule has 0 saturated carbocycles. The number of nitrogens with zero attached hydrogens (tertiary/aromatic N) is 1. The van der Waals surface area contributed by atoms with Crippen molar-refractivity contribution in [3.8, 4) is 0 Å². The first-order valence-corrected chi connectivity index (χ1v) is 10.3. The smallest absolute Gasteiger partial charge is 0.289 e. The SMILES string of the molecule is O=C(C[C@H]1SC(=O)N(CC(=O)c2ccccc2)C1=O)Nc1cccc2ccccc12. The van der Waals surface area contributed by atoms with E-state index in [1.165, 1.54) is 0 Å². The molecule has 1 heterocycles.